The summed E-state index contributed by atoms with van der Waals surface area (Å²) < 4.78 is 45.3. The standard InChI is InChI=1S/C20H43O6PSi4/c1-22-19-16-17(14-15-18(19)23-28(2,3)4)20(24-29(5,6)7)27(21,25-30(8,9)10)26-31(11,12)13/h14-16,20H,1-13H3. The zero-order valence-corrected chi connectivity index (χ0v) is 26.6. The summed E-state index contributed by atoms with van der Waals surface area (Å²) >= 11 is 0. The Labute approximate surface area is 194 Å². The molecule has 11 heteroatoms. The first-order valence-electron chi connectivity index (χ1n) is 10.7. The van der Waals surface area contributed by atoms with Crippen molar-refractivity contribution < 1.29 is 26.6 Å². The van der Waals surface area contributed by atoms with E-state index < -0.39 is 46.7 Å². The molecule has 0 N–H and O–H groups in total. The zero-order chi connectivity index (χ0) is 24.5. The third-order valence-electron chi connectivity index (χ3n) is 3.44. The second kappa shape index (κ2) is 9.96. The molecule has 0 aliphatic heterocycles. The number of methoxy groups -OCH3 is 1. The largest absolute Gasteiger partial charge is 0.542 e. The molecular formula is C20H43O6PSi4. The number of benzene rings is 1. The van der Waals surface area contributed by atoms with Crippen LogP contribution in [0.3, 0.4) is 0 Å². The quantitative estimate of drug-likeness (QED) is 0.220. The Morgan fingerprint density at radius 3 is 1.55 bits per heavy atom. The van der Waals surface area contributed by atoms with Gasteiger partial charge in [-0.3, -0.25) is 4.57 Å². The molecule has 1 rings (SSSR count). The molecule has 0 saturated heterocycles. The maximum Gasteiger partial charge on any atom is 0.343 e. The minimum absolute atomic E-state index is 0.594. The molecule has 1 aromatic rings. The summed E-state index contributed by atoms with van der Waals surface area (Å²) in [5, 5.41) is 0. The summed E-state index contributed by atoms with van der Waals surface area (Å²) in [7, 11) is -10.4. The van der Waals surface area contributed by atoms with Crippen molar-refractivity contribution in [1.29, 1.82) is 0 Å². The number of hydrogen-bond acceptors (Lipinski definition) is 6. The Balaban J connectivity index is 3.64. The summed E-state index contributed by atoms with van der Waals surface area (Å²) in [6, 6.07) is 5.63. The molecule has 0 radical (unpaired) electrons. The minimum Gasteiger partial charge on any atom is -0.542 e. The lowest BCUT2D eigenvalue weighted by Crippen LogP contribution is -2.35. The fourth-order valence-corrected chi connectivity index (χ4v) is 13.8. The van der Waals surface area contributed by atoms with Crippen molar-refractivity contribution in [3.8, 4) is 11.5 Å². The van der Waals surface area contributed by atoms with Crippen molar-refractivity contribution in [2.24, 2.45) is 0 Å². The van der Waals surface area contributed by atoms with Gasteiger partial charge in [-0.05, 0) is 96.3 Å². The lowest BCUT2D eigenvalue weighted by Gasteiger charge is -2.38. The van der Waals surface area contributed by atoms with E-state index in [0.717, 1.165) is 5.56 Å². The molecule has 1 atom stereocenters. The zero-order valence-electron chi connectivity index (χ0n) is 21.7. The molecule has 1 unspecified atom stereocenters. The Kier molecular flexibility index (Phi) is 9.27. The van der Waals surface area contributed by atoms with Crippen molar-refractivity contribution in [2.45, 2.75) is 84.4 Å². The van der Waals surface area contributed by atoms with Crippen LogP contribution in [0.25, 0.3) is 0 Å². The molecule has 1 aromatic carbocycles. The van der Waals surface area contributed by atoms with Crippen LogP contribution >= 0.6 is 7.60 Å². The average molecular weight is 523 g/mol. The minimum atomic E-state index is -3.63. The van der Waals surface area contributed by atoms with Crippen molar-refractivity contribution in [3.63, 3.8) is 0 Å². The topological polar surface area (TPSA) is 63.2 Å². The van der Waals surface area contributed by atoms with Crippen molar-refractivity contribution in [2.75, 3.05) is 7.11 Å². The molecule has 0 aromatic heterocycles. The number of hydrogen-bond donors (Lipinski definition) is 0. The highest BCUT2D eigenvalue weighted by Gasteiger charge is 2.46. The van der Waals surface area contributed by atoms with Gasteiger partial charge >= 0.3 is 7.60 Å². The third-order valence-corrected chi connectivity index (χ3v) is 12.8. The summed E-state index contributed by atoms with van der Waals surface area (Å²) in [6.07, 6.45) is 0. The van der Waals surface area contributed by atoms with E-state index in [4.69, 9.17) is 22.0 Å². The van der Waals surface area contributed by atoms with E-state index >= 15 is 0 Å². The van der Waals surface area contributed by atoms with Crippen LogP contribution in [0.5, 0.6) is 11.5 Å². The molecule has 0 fully saturated rings. The van der Waals surface area contributed by atoms with Crippen LogP contribution in [0.2, 0.25) is 78.6 Å². The van der Waals surface area contributed by atoms with Crippen LogP contribution in [0.4, 0.5) is 0 Å². The lowest BCUT2D eigenvalue weighted by atomic mass is 10.2. The molecule has 0 amide bonds. The van der Waals surface area contributed by atoms with Crippen molar-refractivity contribution in [3.05, 3.63) is 23.8 Å². The fourth-order valence-electron chi connectivity index (χ4n) is 2.78. The summed E-state index contributed by atoms with van der Waals surface area (Å²) in [5.41, 5.74) is 0.724. The van der Waals surface area contributed by atoms with Crippen LogP contribution < -0.4 is 9.16 Å². The lowest BCUT2D eigenvalue weighted by molar-refractivity contribution is 0.225. The maximum atomic E-state index is 14.4. The first-order valence-corrected chi connectivity index (χ1v) is 25.9. The van der Waals surface area contributed by atoms with E-state index in [1.165, 1.54) is 0 Å². The van der Waals surface area contributed by atoms with E-state index in [1.54, 1.807) is 7.11 Å². The van der Waals surface area contributed by atoms with E-state index in [0.29, 0.717) is 11.5 Å². The molecule has 0 saturated carbocycles. The van der Waals surface area contributed by atoms with Gasteiger partial charge in [-0.1, -0.05) is 6.07 Å². The highest BCUT2D eigenvalue weighted by atomic mass is 31.2. The maximum absolute atomic E-state index is 14.4. The predicted molar refractivity (Wildman–Crippen MR) is 141 cm³/mol. The van der Waals surface area contributed by atoms with Gasteiger partial charge in [0, 0.05) is 0 Å². The highest BCUT2D eigenvalue weighted by Crippen LogP contribution is 2.65. The van der Waals surface area contributed by atoms with Crippen LogP contribution in [0.1, 0.15) is 11.4 Å². The molecule has 0 bridgehead atoms. The van der Waals surface area contributed by atoms with Gasteiger partial charge in [-0.2, -0.15) is 0 Å². The second-order valence-corrected chi connectivity index (χ2v) is 32.0. The summed E-state index contributed by atoms with van der Waals surface area (Å²) in [5.74, 6) is 0.466. The smallest absolute Gasteiger partial charge is 0.343 e. The molecule has 0 spiro atoms. The van der Waals surface area contributed by atoms with Crippen LogP contribution in [-0.2, 0) is 17.4 Å². The van der Waals surface area contributed by atoms with Crippen molar-refractivity contribution in [1.82, 2.24) is 0 Å². The van der Waals surface area contributed by atoms with Crippen molar-refractivity contribution >= 4 is 40.9 Å². The average Bonchev–Trinajstić information content (AvgIpc) is 2.47. The first-order chi connectivity index (χ1) is 13.6. The van der Waals surface area contributed by atoms with Crippen LogP contribution in [0.15, 0.2) is 18.2 Å². The first kappa shape index (κ1) is 28.8. The molecule has 0 aliphatic rings. The molecule has 31 heavy (non-hydrogen) atoms. The Morgan fingerprint density at radius 2 is 1.19 bits per heavy atom. The van der Waals surface area contributed by atoms with Crippen LogP contribution in [0, 0.1) is 0 Å². The summed E-state index contributed by atoms with van der Waals surface area (Å²) in [4.78, 5) is 0. The van der Waals surface area contributed by atoms with Gasteiger partial charge in [0.25, 0.3) is 0 Å². The van der Waals surface area contributed by atoms with Gasteiger partial charge in [-0.15, -0.1) is 0 Å². The van der Waals surface area contributed by atoms with E-state index in [9.17, 15) is 4.57 Å². The van der Waals surface area contributed by atoms with Gasteiger partial charge < -0.3 is 22.0 Å². The monoisotopic (exact) mass is 522 g/mol. The van der Waals surface area contributed by atoms with Gasteiger partial charge in [0.2, 0.25) is 8.32 Å². The highest BCUT2D eigenvalue weighted by molar-refractivity contribution is 7.57. The molecular weight excluding hydrogens is 480 g/mol. The molecule has 0 aliphatic carbocycles. The third kappa shape index (κ3) is 10.5. The van der Waals surface area contributed by atoms with Gasteiger partial charge in [0.1, 0.15) is 5.75 Å². The van der Waals surface area contributed by atoms with E-state index in [-0.39, 0.29) is 0 Å². The Morgan fingerprint density at radius 1 is 0.710 bits per heavy atom. The molecule has 0 heterocycles. The Bertz CT molecular complexity index is 771. The van der Waals surface area contributed by atoms with Gasteiger partial charge in [-0.25, -0.2) is 0 Å². The second-order valence-electron chi connectivity index (χ2n) is 11.7. The fraction of sp³-hybridized carbons (Fsp3) is 0.700. The van der Waals surface area contributed by atoms with Crippen LogP contribution in [-0.4, -0.2) is 40.4 Å². The molecule has 180 valence electrons. The van der Waals surface area contributed by atoms with E-state index in [1.807, 2.05) is 57.5 Å². The normalized spacial score (nSPS) is 15.0. The summed E-state index contributed by atoms with van der Waals surface area (Å²) in [6.45, 7) is 24.7. The number of ether oxygens (including phenoxy) is 1. The van der Waals surface area contributed by atoms with Gasteiger partial charge in [0.05, 0.1) is 7.11 Å². The Hall–Kier alpha value is -0.202. The SMILES string of the molecule is COc1cc(C(O[Si](C)(C)C)P(=O)(O[Si](C)(C)C)O[Si](C)(C)C)ccc1O[Si](C)(C)C. The van der Waals surface area contributed by atoms with E-state index in [2.05, 4.69) is 39.3 Å². The van der Waals surface area contributed by atoms with Gasteiger partial charge in [0.15, 0.2) is 36.5 Å². The molecule has 6 nitrogen and oxygen atoms in total. The number of rotatable bonds is 11. The predicted octanol–water partition coefficient (Wildman–Crippen LogP) is 7.66.